The summed E-state index contributed by atoms with van der Waals surface area (Å²) in [6.07, 6.45) is 0. The standard InChI is InChI=1S/C6H6O11S3/c7-1-4(18(10)11)2(8)6(20(15,16)17)3(9)5(1)19(12,13)14/h7-9H,(H,10,11)(H,12,13,14)(H,15,16,17). The fourth-order valence-corrected chi connectivity index (χ4v) is 3.41. The molecule has 0 amide bonds. The second kappa shape index (κ2) is 4.83. The predicted molar refractivity (Wildman–Crippen MR) is 60.1 cm³/mol. The molecule has 0 fully saturated rings. The summed E-state index contributed by atoms with van der Waals surface area (Å²) in [6, 6.07) is 0. The van der Waals surface area contributed by atoms with E-state index in [0.29, 0.717) is 0 Å². The fourth-order valence-electron chi connectivity index (χ4n) is 1.30. The molecular formula is C6H6O11S3. The maximum Gasteiger partial charge on any atom is 0.302 e. The average molecular weight is 350 g/mol. The van der Waals surface area contributed by atoms with Crippen molar-refractivity contribution in [3.05, 3.63) is 0 Å². The molecule has 0 saturated carbocycles. The molecule has 0 aliphatic heterocycles. The summed E-state index contributed by atoms with van der Waals surface area (Å²) in [5.74, 6) is -5.43. The van der Waals surface area contributed by atoms with Gasteiger partial charge in [0.2, 0.25) is 0 Å². The van der Waals surface area contributed by atoms with Crippen LogP contribution >= 0.6 is 0 Å². The zero-order chi connectivity index (χ0) is 16.0. The van der Waals surface area contributed by atoms with Crippen LogP contribution in [0.15, 0.2) is 14.7 Å². The SMILES string of the molecule is O=S(O)c1c(O)c(S(=O)(=O)O)c(O)c(S(=O)(=O)O)c1O. The Labute approximate surface area is 113 Å². The molecular weight excluding hydrogens is 344 g/mol. The number of hydrogen-bond donors (Lipinski definition) is 6. The largest absolute Gasteiger partial charge is 0.505 e. The Morgan fingerprint density at radius 2 is 1.05 bits per heavy atom. The Morgan fingerprint density at radius 1 is 0.750 bits per heavy atom. The molecule has 11 nitrogen and oxygen atoms in total. The van der Waals surface area contributed by atoms with Crippen LogP contribution in [0.5, 0.6) is 17.2 Å². The second-order valence-corrected chi connectivity index (χ2v) is 6.86. The van der Waals surface area contributed by atoms with Crippen molar-refractivity contribution in [3.8, 4) is 17.2 Å². The minimum Gasteiger partial charge on any atom is -0.505 e. The third-order valence-electron chi connectivity index (χ3n) is 1.98. The van der Waals surface area contributed by atoms with Crippen LogP contribution in [0.4, 0.5) is 0 Å². The van der Waals surface area contributed by atoms with Crippen LogP contribution in [0, 0.1) is 0 Å². The van der Waals surface area contributed by atoms with Crippen LogP contribution in [-0.2, 0) is 31.3 Å². The summed E-state index contributed by atoms with van der Waals surface area (Å²) < 4.78 is 80.9. The van der Waals surface area contributed by atoms with Crippen LogP contribution in [0.2, 0.25) is 0 Å². The average Bonchev–Trinajstić information content (AvgIpc) is 2.09. The Morgan fingerprint density at radius 3 is 1.25 bits per heavy atom. The van der Waals surface area contributed by atoms with Gasteiger partial charge in [0.15, 0.2) is 43.0 Å². The van der Waals surface area contributed by atoms with Crippen LogP contribution in [0.3, 0.4) is 0 Å². The maximum atomic E-state index is 10.9. The normalized spacial score (nSPS) is 14.2. The van der Waals surface area contributed by atoms with Gasteiger partial charge in [-0.25, -0.2) is 4.21 Å². The van der Waals surface area contributed by atoms with E-state index in [9.17, 15) is 36.4 Å². The molecule has 14 heteroatoms. The number of phenols is 3. The van der Waals surface area contributed by atoms with Gasteiger partial charge in [-0.3, -0.25) is 9.11 Å². The van der Waals surface area contributed by atoms with Gasteiger partial charge in [0.05, 0.1) is 0 Å². The van der Waals surface area contributed by atoms with Gasteiger partial charge in [-0.1, -0.05) is 0 Å². The highest BCUT2D eigenvalue weighted by molar-refractivity contribution is 7.87. The van der Waals surface area contributed by atoms with Crippen LogP contribution < -0.4 is 0 Å². The summed E-state index contributed by atoms with van der Waals surface area (Å²) in [6.45, 7) is 0. The Hall–Kier alpha value is -1.45. The van der Waals surface area contributed by atoms with Gasteiger partial charge < -0.3 is 19.9 Å². The highest BCUT2D eigenvalue weighted by Crippen LogP contribution is 2.47. The summed E-state index contributed by atoms with van der Waals surface area (Å²) in [5, 5.41) is 28.1. The molecule has 6 N–H and O–H groups in total. The lowest BCUT2D eigenvalue weighted by atomic mass is 10.3. The first-order valence-corrected chi connectivity index (χ1v) is 8.15. The van der Waals surface area contributed by atoms with E-state index in [4.69, 9.17) is 13.7 Å². The highest BCUT2D eigenvalue weighted by atomic mass is 32.2. The van der Waals surface area contributed by atoms with Gasteiger partial charge in [-0.2, -0.15) is 16.8 Å². The lowest BCUT2D eigenvalue weighted by molar-refractivity contribution is 0.360. The zero-order valence-corrected chi connectivity index (χ0v) is 11.4. The molecule has 1 aromatic rings. The Balaban J connectivity index is 4.22. The van der Waals surface area contributed by atoms with Crippen molar-refractivity contribution >= 4 is 31.3 Å². The molecule has 20 heavy (non-hydrogen) atoms. The maximum absolute atomic E-state index is 10.9. The van der Waals surface area contributed by atoms with Crippen LogP contribution in [0.25, 0.3) is 0 Å². The van der Waals surface area contributed by atoms with E-state index in [0.717, 1.165) is 0 Å². The number of hydrogen-bond acceptors (Lipinski definition) is 8. The van der Waals surface area contributed by atoms with Crippen molar-refractivity contribution in [1.29, 1.82) is 0 Å². The lowest BCUT2D eigenvalue weighted by Gasteiger charge is -2.13. The van der Waals surface area contributed by atoms with Crippen molar-refractivity contribution in [1.82, 2.24) is 0 Å². The van der Waals surface area contributed by atoms with Crippen molar-refractivity contribution in [3.63, 3.8) is 0 Å². The number of rotatable bonds is 3. The van der Waals surface area contributed by atoms with Gasteiger partial charge in [-0.05, 0) is 0 Å². The first-order chi connectivity index (χ1) is 8.80. The predicted octanol–water partition coefficient (Wildman–Crippen LogP) is -1.12. The van der Waals surface area contributed by atoms with Crippen molar-refractivity contribution < 1.29 is 50.0 Å². The molecule has 0 spiro atoms. The molecule has 1 unspecified atom stereocenters. The van der Waals surface area contributed by atoms with Crippen molar-refractivity contribution in [2.45, 2.75) is 14.7 Å². The van der Waals surface area contributed by atoms with Gasteiger partial charge in [0.1, 0.15) is 0 Å². The van der Waals surface area contributed by atoms with Crippen LogP contribution in [-0.4, -0.2) is 50.0 Å². The minimum absolute atomic E-state index is 1.54. The minimum atomic E-state index is -5.45. The first-order valence-electron chi connectivity index (χ1n) is 4.16. The van der Waals surface area contributed by atoms with Crippen molar-refractivity contribution in [2.24, 2.45) is 0 Å². The highest BCUT2D eigenvalue weighted by Gasteiger charge is 2.37. The van der Waals surface area contributed by atoms with Gasteiger partial charge in [-0.15, -0.1) is 0 Å². The topological polar surface area (TPSA) is 207 Å². The molecule has 0 radical (unpaired) electrons. The summed E-state index contributed by atoms with van der Waals surface area (Å²) >= 11 is -3.31. The van der Waals surface area contributed by atoms with Crippen molar-refractivity contribution in [2.75, 3.05) is 0 Å². The Bertz CT molecular complexity index is 744. The molecule has 0 heterocycles. The monoisotopic (exact) mass is 350 g/mol. The van der Waals surface area contributed by atoms with E-state index in [1.165, 1.54) is 0 Å². The number of phenolic OH excluding ortho intramolecular Hbond substituents is 3. The van der Waals surface area contributed by atoms with Gasteiger partial charge >= 0.3 is 20.2 Å². The summed E-state index contributed by atoms with van der Waals surface area (Å²) in [5.41, 5.74) is 0. The lowest BCUT2D eigenvalue weighted by Crippen LogP contribution is -2.08. The second-order valence-electron chi connectivity index (χ2n) is 3.23. The van der Waals surface area contributed by atoms with E-state index in [1.54, 1.807) is 0 Å². The van der Waals surface area contributed by atoms with Gasteiger partial charge in [0, 0.05) is 0 Å². The summed E-state index contributed by atoms with van der Waals surface area (Å²) in [4.78, 5) is -5.26. The summed E-state index contributed by atoms with van der Waals surface area (Å²) in [7, 11) is -10.9. The van der Waals surface area contributed by atoms with Crippen LogP contribution in [0.1, 0.15) is 0 Å². The molecule has 0 aliphatic carbocycles. The molecule has 1 rings (SSSR count). The van der Waals surface area contributed by atoms with E-state index in [-0.39, 0.29) is 0 Å². The molecule has 1 atom stereocenters. The smallest absolute Gasteiger partial charge is 0.302 e. The molecule has 114 valence electrons. The molecule has 0 aliphatic rings. The molecule has 0 aromatic heterocycles. The number of benzene rings is 1. The fraction of sp³-hybridized carbons (Fsp3) is 0. The third kappa shape index (κ3) is 2.69. The van der Waals surface area contributed by atoms with E-state index < -0.39 is 63.3 Å². The van der Waals surface area contributed by atoms with E-state index in [2.05, 4.69) is 0 Å². The molecule has 0 saturated heterocycles. The number of aromatic hydroxyl groups is 3. The van der Waals surface area contributed by atoms with Gasteiger partial charge in [0.25, 0.3) is 0 Å². The quantitative estimate of drug-likeness (QED) is 0.284. The first kappa shape index (κ1) is 16.6. The molecule has 1 aromatic carbocycles. The van der Waals surface area contributed by atoms with E-state index >= 15 is 0 Å². The zero-order valence-electron chi connectivity index (χ0n) is 8.95. The third-order valence-corrected chi connectivity index (χ3v) is 4.52. The van der Waals surface area contributed by atoms with E-state index in [1.807, 2.05) is 0 Å². The molecule has 0 bridgehead atoms. The Kier molecular flexibility index (Phi) is 4.01.